The Bertz CT molecular complexity index is 382. The second kappa shape index (κ2) is 5.35. The predicted octanol–water partition coefficient (Wildman–Crippen LogP) is 1.49. The number of hydrogen-bond donors (Lipinski definition) is 0. The Balaban J connectivity index is 1.86. The maximum Gasteiger partial charge on any atom is 0.246 e. The van der Waals surface area contributed by atoms with Crippen LogP contribution in [0.5, 0.6) is 0 Å². The first-order valence-electron chi connectivity index (χ1n) is 7.44. The molecule has 0 aromatic rings. The smallest absolute Gasteiger partial charge is 0.246 e. The molecule has 3 rings (SSSR count). The summed E-state index contributed by atoms with van der Waals surface area (Å²) in [6.45, 7) is 2.80. The van der Waals surface area contributed by atoms with Gasteiger partial charge in [-0.05, 0) is 37.9 Å². The van der Waals surface area contributed by atoms with Crippen LogP contribution in [-0.2, 0) is 9.59 Å². The van der Waals surface area contributed by atoms with Crippen molar-refractivity contribution in [1.29, 1.82) is 0 Å². The van der Waals surface area contributed by atoms with E-state index in [-0.39, 0.29) is 29.9 Å². The van der Waals surface area contributed by atoms with E-state index in [0.717, 1.165) is 44.4 Å². The van der Waals surface area contributed by atoms with Crippen molar-refractivity contribution in [2.24, 2.45) is 0 Å². The van der Waals surface area contributed by atoms with Crippen molar-refractivity contribution in [1.82, 2.24) is 9.80 Å². The average Bonchev–Trinajstić information content (AvgIpc) is 2.93. The normalized spacial score (nSPS) is 35.7. The molecule has 0 aromatic carbocycles. The summed E-state index contributed by atoms with van der Waals surface area (Å²) in [5, 5.41) is 0. The molecule has 4 nitrogen and oxygen atoms in total. The summed E-state index contributed by atoms with van der Waals surface area (Å²) in [5.41, 5.74) is 0. The third-order valence-electron chi connectivity index (χ3n) is 4.61. The number of fused-ring (bicyclic) bond motifs is 1. The van der Waals surface area contributed by atoms with E-state index in [0.29, 0.717) is 0 Å². The lowest BCUT2D eigenvalue weighted by Crippen LogP contribution is -2.65. The minimum atomic E-state index is -0.203. The number of rotatable bonds is 2. The van der Waals surface area contributed by atoms with Gasteiger partial charge in [0, 0.05) is 18.3 Å². The van der Waals surface area contributed by atoms with Gasteiger partial charge in [0.25, 0.3) is 0 Å². The highest BCUT2D eigenvalue weighted by Gasteiger charge is 2.49. The van der Waals surface area contributed by atoms with E-state index < -0.39 is 0 Å². The highest BCUT2D eigenvalue weighted by atomic mass is 32.2. The first-order chi connectivity index (χ1) is 9.24. The van der Waals surface area contributed by atoms with Gasteiger partial charge in [0.05, 0.1) is 0 Å². The van der Waals surface area contributed by atoms with Crippen LogP contribution >= 0.6 is 11.8 Å². The summed E-state index contributed by atoms with van der Waals surface area (Å²) in [6, 6.07) is -0.0734. The Morgan fingerprint density at radius 1 is 1.21 bits per heavy atom. The number of piperazine rings is 1. The zero-order chi connectivity index (χ0) is 13.4. The topological polar surface area (TPSA) is 40.6 Å². The molecular weight excluding hydrogens is 260 g/mol. The minimum Gasteiger partial charge on any atom is -0.329 e. The van der Waals surface area contributed by atoms with Crippen LogP contribution in [-0.4, -0.2) is 57.8 Å². The van der Waals surface area contributed by atoms with Crippen LogP contribution < -0.4 is 0 Å². The van der Waals surface area contributed by atoms with Gasteiger partial charge in [-0.25, -0.2) is 0 Å². The number of amides is 2. The third kappa shape index (κ3) is 2.16. The fourth-order valence-corrected chi connectivity index (χ4v) is 4.81. The predicted molar refractivity (Wildman–Crippen MR) is 76.0 cm³/mol. The van der Waals surface area contributed by atoms with Gasteiger partial charge in [-0.2, -0.15) is 11.8 Å². The molecule has 0 aliphatic carbocycles. The second-order valence-electron chi connectivity index (χ2n) is 5.73. The van der Waals surface area contributed by atoms with E-state index in [1.807, 2.05) is 28.5 Å². The molecule has 3 aliphatic rings. The number of nitrogens with zero attached hydrogens (tertiary/aromatic N) is 2. The summed E-state index contributed by atoms with van der Waals surface area (Å²) in [5.74, 6) is 2.61. The van der Waals surface area contributed by atoms with Crippen molar-refractivity contribution in [3.63, 3.8) is 0 Å². The van der Waals surface area contributed by atoms with Crippen molar-refractivity contribution in [3.05, 3.63) is 0 Å². The summed E-state index contributed by atoms with van der Waals surface area (Å²) >= 11 is 1.92. The first-order valence-corrected chi connectivity index (χ1v) is 8.60. The van der Waals surface area contributed by atoms with Crippen molar-refractivity contribution >= 4 is 23.6 Å². The van der Waals surface area contributed by atoms with Crippen LogP contribution in [0.15, 0.2) is 0 Å². The zero-order valence-electron chi connectivity index (χ0n) is 11.5. The monoisotopic (exact) mass is 282 g/mol. The van der Waals surface area contributed by atoms with Gasteiger partial charge in [-0.1, -0.05) is 6.92 Å². The van der Waals surface area contributed by atoms with Crippen LogP contribution in [0.25, 0.3) is 0 Å². The molecule has 0 spiro atoms. The zero-order valence-corrected chi connectivity index (χ0v) is 12.3. The number of thioether (sulfide) groups is 1. The standard InChI is InChI=1S/C14H22N2O2S/c1-2-11-13(17)15-7-3-6-12(15)14(18)16(11)10-5-4-8-19-9-10/h10-12H,2-9H2,1H3. The van der Waals surface area contributed by atoms with E-state index in [9.17, 15) is 9.59 Å². The Morgan fingerprint density at radius 2 is 2.05 bits per heavy atom. The average molecular weight is 282 g/mol. The molecule has 2 amide bonds. The largest absolute Gasteiger partial charge is 0.329 e. The van der Waals surface area contributed by atoms with E-state index >= 15 is 0 Å². The lowest BCUT2D eigenvalue weighted by Gasteiger charge is -2.46. The molecule has 0 aromatic heterocycles. The third-order valence-corrected chi connectivity index (χ3v) is 5.81. The molecule has 5 heteroatoms. The molecule has 3 fully saturated rings. The van der Waals surface area contributed by atoms with Gasteiger partial charge in [0.15, 0.2) is 0 Å². The van der Waals surface area contributed by atoms with Crippen LogP contribution in [0.3, 0.4) is 0 Å². The minimum absolute atomic E-state index is 0.151. The maximum absolute atomic E-state index is 12.7. The van der Waals surface area contributed by atoms with Gasteiger partial charge < -0.3 is 9.80 Å². The van der Waals surface area contributed by atoms with Crippen molar-refractivity contribution < 1.29 is 9.59 Å². The molecule has 0 saturated carbocycles. The Morgan fingerprint density at radius 3 is 2.74 bits per heavy atom. The highest BCUT2D eigenvalue weighted by molar-refractivity contribution is 7.99. The first kappa shape index (κ1) is 13.3. The van der Waals surface area contributed by atoms with Gasteiger partial charge in [-0.15, -0.1) is 0 Å². The molecule has 0 N–H and O–H groups in total. The van der Waals surface area contributed by atoms with Gasteiger partial charge in [0.1, 0.15) is 12.1 Å². The molecule has 3 unspecified atom stereocenters. The van der Waals surface area contributed by atoms with E-state index in [2.05, 4.69) is 0 Å². The quantitative estimate of drug-likeness (QED) is 0.770. The van der Waals surface area contributed by atoms with Gasteiger partial charge in [0.2, 0.25) is 11.8 Å². The lowest BCUT2D eigenvalue weighted by atomic mass is 9.99. The second-order valence-corrected chi connectivity index (χ2v) is 6.88. The highest BCUT2D eigenvalue weighted by Crippen LogP contribution is 2.32. The molecule has 3 atom stereocenters. The van der Waals surface area contributed by atoms with Crippen LogP contribution in [0.1, 0.15) is 39.0 Å². The molecule has 3 saturated heterocycles. The Kier molecular flexibility index (Phi) is 3.74. The summed E-state index contributed by atoms with van der Waals surface area (Å²) in [4.78, 5) is 29.1. The molecular formula is C14H22N2O2S. The fraction of sp³-hybridized carbons (Fsp3) is 0.857. The number of carbonyl (C=O) groups excluding carboxylic acids is 2. The number of carbonyl (C=O) groups is 2. The van der Waals surface area contributed by atoms with Gasteiger partial charge in [-0.3, -0.25) is 9.59 Å². The summed E-state index contributed by atoms with van der Waals surface area (Å²) in [6.07, 6.45) is 4.81. The summed E-state index contributed by atoms with van der Waals surface area (Å²) < 4.78 is 0. The van der Waals surface area contributed by atoms with Crippen molar-refractivity contribution in [3.8, 4) is 0 Å². The van der Waals surface area contributed by atoms with Crippen LogP contribution in [0.2, 0.25) is 0 Å². The van der Waals surface area contributed by atoms with Crippen molar-refractivity contribution in [2.75, 3.05) is 18.1 Å². The van der Waals surface area contributed by atoms with Crippen LogP contribution in [0, 0.1) is 0 Å². The van der Waals surface area contributed by atoms with E-state index in [4.69, 9.17) is 0 Å². The molecule has 3 aliphatic heterocycles. The van der Waals surface area contributed by atoms with E-state index in [1.54, 1.807) is 0 Å². The number of hydrogen-bond acceptors (Lipinski definition) is 3. The molecule has 0 bridgehead atoms. The lowest BCUT2D eigenvalue weighted by molar-refractivity contribution is -0.162. The molecule has 3 heterocycles. The molecule has 0 radical (unpaired) electrons. The summed E-state index contributed by atoms with van der Waals surface area (Å²) in [7, 11) is 0. The Labute approximate surface area is 118 Å². The maximum atomic E-state index is 12.7. The van der Waals surface area contributed by atoms with Crippen LogP contribution in [0.4, 0.5) is 0 Å². The Hall–Kier alpha value is -0.710. The fourth-order valence-electron chi connectivity index (χ4n) is 3.67. The van der Waals surface area contributed by atoms with E-state index in [1.165, 1.54) is 5.75 Å². The molecule has 19 heavy (non-hydrogen) atoms. The van der Waals surface area contributed by atoms with Gasteiger partial charge >= 0.3 is 0 Å². The van der Waals surface area contributed by atoms with Crippen molar-refractivity contribution in [2.45, 2.75) is 57.2 Å². The molecule has 106 valence electrons. The SMILES string of the molecule is CCC1C(=O)N2CCCC2C(=O)N1C1CCCSC1.